The first kappa shape index (κ1) is 20.4. The lowest BCUT2D eigenvalue weighted by molar-refractivity contribution is -0.119. The van der Waals surface area contributed by atoms with Gasteiger partial charge in [-0.2, -0.15) is 0 Å². The summed E-state index contributed by atoms with van der Waals surface area (Å²) in [5, 5.41) is 4.38. The molecule has 5 nitrogen and oxygen atoms in total. The number of carbonyl (C=O) groups is 1. The number of hydrogen-bond acceptors (Lipinski definition) is 4. The minimum atomic E-state index is -0.0465. The molecule has 1 saturated carbocycles. The van der Waals surface area contributed by atoms with Crippen LogP contribution in [0.4, 0.5) is 0 Å². The van der Waals surface area contributed by atoms with E-state index in [1.54, 1.807) is 4.57 Å². The van der Waals surface area contributed by atoms with Gasteiger partial charge < -0.3 is 5.32 Å². The van der Waals surface area contributed by atoms with Gasteiger partial charge in [-0.1, -0.05) is 60.3 Å². The molecule has 27 heavy (non-hydrogen) atoms. The van der Waals surface area contributed by atoms with E-state index in [0.717, 1.165) is 23.7 Å². The van der Waals surface area contributed by atoms with Crippen molar-refractivity contribution in [2.45, 2.75) is 69.6 Å². The predicted molar refractivity (Wildman–Crippen MR) is 114 cm³/mol. The van der Waals surface area contributed by atoms with E-state index < -0.39 is 0 Å². The van der Waals surface area contributed by atoms with Gasteiger partial charge in [-0.15, -0.1) is 0 Å². The van der Waals surface area contributed by atoms with Crippen molar-refractivity contribution >= 4 is 44.5 Å². The highest BCUT2D eigenvalue weighted by Gasteiger charge is 2.17. The van der Waals surface area contributed by atoms with Crippen LogP contribution in [0.25, 0.3) is 10.9 Å². The van der Waals surface area contributed by atoms with E-state index in [9.17, 15) is 9.59 Å². The van der Waals surface area contributed by atoms with E-state index in [4.69, 9.17) is 0 Å². The van der Waals surface area contributed by atoms with Crippen LogP contribution >= 0.6 is 27.7 Å². The van der Waals surface area contributed by atoms with Crippen LogP contribution in [0.5, 0.6) is 0 Å². The number of nitrogens with one attached hydrogen (secondary N) is 1. The molecule has 0 spiro atoms. The second-order valence-corrected chi connectivity index (χ2v) is 8.92. The van der Waals surface area contributed by atoms with Crippen LogP contribution in [0.15, 0.2) is 32.6 Å². The third-order valence-electron chi connectivity index (χ3n) is 4.88. The molecule has 0 unspecified atom stereocenters. The van der Waals surface area contributed by atoms with Crippen molar-refractivity contribution in [2.24, 2.45) is 0 Å². The Hall–Kier alpha value is -1.34. The number of fused-ring (bicyclic) bond motifs is 1. The second kappa shape index (κ2) is 9.73. The number of nitrogens with zero attached hydrogens (tertiary/aromatic N) is 2. The number of carbonyl (C=O) groups excluding carboxylic acids is 1. The van der Waals surface area contributed by atoms with Gasteiger partial charge >= 0.3 is 0 Å². The Morgan fingerprint density at radius 2 is 2.04 bits per heavy atom. The van der Waals surface area contributed by atoms with E-state index in [1.165, 1.54) is 37.4 Å². The molecule has 1 N–H and O–H groups in total. The summed E-state index contributed by atoms with van der Waals surface area (Å²) in [7, 11) is 0. The van der Waals surface area contributed by atoms with Crippen molar-refractivity contribution in [1.29, 1.82) is 0 Å². The summed E-state index contributed by atoms with van der Waals surface area (Å²) < 4.78 is 2.55. The van der Waals surface area contributed by atoms with Crippen molar-refractivity contribution in [3.8, 4) is 0 Å². The lowest BCUT2D eigenvalue weighted by Crippen LogP contribution is -2.35. The maximum atomic E-state index is 12.9. The van der Waals surface area contributed by atoms with Crippen molar-refractivity contribution in [3.63, 3.8) is 0 Å². The number of amides is 1. The lowest BCUT2D eigenvalue weighted by Gasteiger charge is -2.16. The van der Waals surface area contributed by atoms with Crippen LogP contribution in [-0.2, 0) is 11.3 Å². The Bertz CT molecular complexity index is 860. The maximum Gasteiger partial charge on any atom is 0.262 e. The number of hydrogen-bond donors (Lipinski definition) is 1. The van der Waals surface area contributed by atoms with Gasteiger partial charge in [0, 0.05) is 17.1 Å². The number of thioether (sulfide) groups is 1. The number of aromatic nitrogens is 2. The molecule has 0 aliphatic heterocycles. The van der Waals surface area contributed by atoms with Gasteiger partial charge in [0.1, 0.15) is 0 Å². The van der Waals surface area contributed by atoms with Crippen molar-refractivity contribution in [1.82, 2.24) is 14.9 Å². The smallest absolute Gasteiger partial charge is 0.262 e. The second-order valence-electron chi connectivity index (χ2n) is 7.06. The number of halogens is 1. The van der Waals surface area contributed by atoms with Crippen molar-refractivity contribution in [3.05, 3.63) is 33.0 Å². The average Bonchev–Trinajstić information content (AvgIpc) is 2.92. The third kappa shape index (κ3) is 5.35. The van der Waals surface area contributed by atoms with Gasteiger partial charge in [-0.25, -0.2) is 4.98 Å². The van der Waals surface area contributed by atoms with Crippen LogP contribution in [0.1, 0.15) is 51.9 Å². The Morgan fingerprint density at radius 1 is 1.30 bits per heavy atom. The molecule has 0 bridgehead atoms. The quantitative estimate of drug-likeness (QED) is 0.398. The highest BCUT2D eigenvalue weighted by atomic mass is 79.9. The van der Waals surface area contributed by atoms with E-state index >= 15 is 0 Å². The normalized spacial score (nSPS) is 15.6. The fraction of sp³-hybridized carbons (Fsp3) is 0.550. The first-order chi connectivity index (χ1) is 13.1. The summed E-state index contributed by atoms with van der Waals surface area (Å²) in [4.78, 5) is 29.9. The lowest BCUT2D eigenvalue weighted by atomic mass is 10.1. The molecule has 1 heterocycles. The predicted octanol–water partition coefficient (Wildman–Crippen LogP) is 4.50. The van der Waals surface area contributed by atoms with Crippen molar-refractivity contribution < 1.29 is 4.79 Å². The summed E-state index contributed by atoms with van der Waals surface area (Å²) in [6, 6.07) is 5.82. The largest absolute Gasteiger partial charge is 0.353 e. The summed E-state index contributed by atoms with van der Waals surface area (Å²) in [6.45, 7) is 2.63. The first-order valence-electron chi connectivity index (χ1n) is 9.70. The topological polar surface area (TPSA) is 64.0 Å². The minimum Gasteiger partial charge on any atom is -0.353 e. The molecule has 1 aromatic carbocycles. The molecule has 0 radical (unpaired) electrons. The van der Waals surface area contributed by atoms with Crippen LogP contribution in [0, 0.1) is 0 Å². The Balaban J connectivity index is 1.75. The van der Waals surface area contributed by atoms with Gasteiger partial charge in [0.25, 0.3) is 5.56 Å². The van der Waals surface area contributed by atoms with E-state index in [0.29, 0.717) is 28.6 Å². The zero-order valence-corrected chi connectivity index (χ0v) is 18.1. The summed E-state index contributed by atoms with van der Waals surface area (Å²) >= 11 is 4.77. The van der Waals surface area contributed by atoms with Gasteiger partial charge in [-0.05, 0) is 37.5 Å². The molecule has 3 rings (SSSR count). The molecule has 1 aliphatic rings. The monoisotopic (exact) mass is 451 g/mol. The Labute approximate surface area is 172 Å². The molecule has 1 fully saturated rings. The fourth-order valence-electron chi connectivity index (χ4n) is 3.53. The first-order valence-corrected chi connectivity index (χ1v) is 11.5. The molecule has 146 valence electrons. The zero-order valence-electron chi connectivity index (χ0n) is 15.7. The highest BCUT2D eigenvalue weighted by Crippen LogP contribution is 2.21. The summed E-state index contributed by atoms with van der Waals surface area (Å²) in [5.41, 5.74) is 0.622. The average molecular weight is 452 g/mol. The molecule has 0 saturated heterocycles. The Kier molecular flexibility index (Phi) is 7.35. The molecule has 1 amide bonds. The standard InChI is InChI=1S/C20H26BrN3O2S/c1-2-11-24-19(26)16-12-14(21)9-10-17(16)23-20(24)27-13-18(25)22-15-7-5-3-4-6-8-15/h9-10,12,15H,2-8,11,13H2,1H3,(H,22,25). The molecular formula is C20H26BrN3O2S. The number of benzene rings is 1. The molecular weight excluding hydrogens is 426 g/mol. The fourth-order valence-corrected chi connectivity index (χ4v) is 4.72. The van der Waals surface area contributed by atoms with Crippen molar-refractivity contribution in [2.75, 3.05) is 5.75 Å². The van der Waals surface area contributed by atoms with Crippen LogP contribution in [0.2, 0.25) is 0 Å². The van der Waals surface area contributed by atoms with Crippen LogP contribution < -0.4 is 10.9 Å². The van der Waals surface area contributed by atoms with E-state index in [-0.39, 0.29) is 17.2 Å². The van der Waals surface area contributed by atoms with E-state index in [2.05, 4.69) is 26.2 Å². The molecule has 2 aromatic rings. The molecule has 1 aliphatic carbocycles. The van der Waals surface area contributed by atoms with Gasteiger partial charge in [0.2, 0.25) is 5.91 Å². The van der Waals surface area contributed by atoms with Crippen LogP contribution in [-0.4, -0.2) is 27.3 Å². The maximum absolute atomic E-state index is 12.9. The Morgan fingerprint density at radius 3 is 2.74 bits per heavy atom. The SMILES string of the molecule is CCCn1c(SCC(=O)NC2CCCCCC2)nc2ccc(Br)cc2c1=O. The zero-order chi connectivity index (χ0) is 19.2. The number of rotatable bonds is 6. The van der Waals surface area contributed by atoms with Crippen LogP contribution in [0.3, 0.4) is 0 Å². The molecule has 7 heteroatoms. The molecule has 0 atom stereocenters. The minimum absolute atomic E-state index is 0.0279. The molecule has 1 aromatic heterocycles. The van der Waals surface area contributed by atoms with Gasteiger partial charge in [0.05, 0.1) is 16.7 Å². The summed E-state index contributed by atoms with van der Waals surface area (Å²) in [6.07, 6.45) is 7.89. The van der Waals surface area contributed by atoms with Gasteiger partial charge in [0.15, 0.2) is 5.16 Å². The summed E-state index contributed by atoms with van der Waals surface area (Å²) in [5.74, 6) is 0.314. The third-order valence-corrected chi connectivity index (χ3v) is 6.35. The van der Waals surface area contributed by atoms with E-state index in [1.807, 2.05) is 25.1 Å². The highest BCUT2D eigenvalue weighted by molar-refractivity contribution is 9.10. The van der Waals surface area contributed by atoms with Gasteiger partial charge in [-0.3, -0.25) is 14.2 Å².